The average Bonchev–Trinajstić information content (AvgIpc) is 3.46. The highest BCUT2D eigenvalue weighted by molar-refractivity contribution is 7.90. The summed E-state index contributed by atoms with van der Waals surface area (Å²) in [6, 6.07) is 12.7. The standard InChI is InChI=1S/C20H17ClN2O2S/c1-26(24,25)17-4-2-3-14(9-17)18-10-16(21)12-23-20(18)15-7-8-19(22-11-15)13-5-6-13/h2-4,7-13H,5-6H2,1H3. The number of halogens is 1. The van der Waals surface area contributed by atoms with Crippen molar-refractivity contribution in [3.05, 3.63) is 65.6 Å². The van der Waals surface area contributed by atoms with E-state index in [9.17, 15) is 8.42 Å². The number of aromatic nitrogens is 2. The molecular weight excluding hydrogens is 368 g/mol. The molecule has 1 aromatic carbocycles. The van der Waals surface area contributed by atoms with Crippen LogP contribution in [0.2, 0.25) is 5.02 Å². The van der Waals surface area contributed by atoms with Crippen molar-refractivity contribution in [3.63, 3.8) is 0 Å². The first kappa shape index (κ1) is 17.2. The van der Waals surface area contributed by atoms with Crippen molar-refractivity contribution in [2.75, 3.05) is 6.26 Å². The van der Waals surface area contributed by atoms with Crippen LogP contribution in [0.25, 0.3) is 22.4 Å². The molecule has 1 aliphatic carbocycles. The van der Waals surface area contributed by atoms with Crippen molar-refractivity contribution >= 4 is 21.4 Å². The van der Waals surface area contributed by atoms with Crippen LogP contribution >= 0.6 is 11.6 Å². The summed E-state index contributed by atoms with van der Waals surface area (Å²) in [5, 5.41) is 0.496. The second-order valence-corrected chi connectivity index (χ2v) is 9.05. The second-order valence-electron chi connectivity index (χ2n) is 6.60. The number of pyridine rings is 2. The minimum atomic E-state index is -3.29. The number of nitrogens with zero attached hydrogens (tertiary/aromatic N) is 2. The monoisotopic (exact) mass is 384 g/mol. The van der Waals surface area contributed by atoms with E-state index in [0.717, 1.165) is 28.1 Å². The molecule has 0 spiro atoms. The lowest BCUT2D eigenvalue weighted by Crippen LogP contribution is -1.98. The molecule has 0 radical (unpaired) electrons. The first-order chi connectivity index (χ1) is 12.4. The van der Waals surface area contributed by atoms with Crippen LogP contribution in [-0.2, 0) is 9.84 Å². The highest BCUT2D eigenvalue weighted by atomic mass is 35.5. The third kappa shape index (κ3) is 3.50. The third-order valence-electron chi connectivity index (χ3n) is 4.48. The summed E-state index contributed by atoms with van der Waals surface area (Å²) in [7, 11) is -3.29. The highest BCUT2D eigenvalue weighted by Gasteiger charge is 2.24. The zero-order valence-electron chi connectivity index (χ0n) is 14.2. The topological polar surface area (TPSA) is 59.9 Å². The predicted molar refractivity (Wildman–Crippen MR) is 103 cm³/mol. The molecule has 3 aromatic rings. The molecule has 132 valence electrons. The summed E-state index contributed by atoms with van der Waals surface area (Å²) in [5.74, 6) is 0.591. The van der Waals surface area contributed by atoms with Gasteiger partial charge in [-0.3, -0.25) is 9.97 Å². The van der Waals surface area contributed by atoms with Crippen LogP contribution in [0, 0.1) is 0 Å². The van der Waals surface area contributed by atoms with Gasteiger partial charge in [-0.25, -0.2) is 8.42 Å². The van der Waals surface area contributed by atoms with E-state index < -0.39 is 9.84 Å². The van der Waals surface area contributed by atoms with Gasteiger partial charge >= 0.3 is 0 Å². The van der Waals surface area contributed by atoms with Gasteiger partial charge < -0.3 is 0 Å². The van der Waals surface area contributed by atoms with Crippen LogP contribution in [0.15, 0.2) is 59.8 Å². The van der Waals surface area contributed by atoms with Gasteiger partial charge in [0.25, 0.3) is 0 Å². The molecule has 4 nitrogen and oxygen atoms in total. The Morgan fingerprint density at radius 3 is 2.46 bits per heavy atom. The van der Waals surface area contributed by atoms with Gasteiger partial charge in [0.05, 0.1) is 15.6 Å². The summed E-state index contributed by atoms with van der Waals surface area (Å²) in [5.41, 5.74) is 4.26. The van der Waals surface area contributed by atoms with Crippen LogP contribution in [-0.4, -0.2) is 24.6 Å². The summed E-state index contributed by atoms with van der Waals surface area (Å²) in [6.07, 6.45) is 7.03. The first-order valence-corrected chi connectivity index (χ1v) is 10.6. The van der Waals surface area contributed by atoms with Crippen LogP contribution < -0.4 is 0 Å². The largest absolute Gasteiger partial charge is 0.260 e. The van der Waals surface area contributed by atoms with Crippen LogP contribution in [0.3, 0.4) is 0 Å². The fourth-order valence-electron chi connectivity index (χ4n) is 2.95. The maximum absolute atomic E-state index is 11.9. The fourth-order valence-corrected chi connectivity index (χ4v) is 3.77. The molecule has 0 bridgehead atoms. The lowest BCUT2D eigenvalue weighted by atomic mass is 10.00. The molecule has 1 saturated carbocycles. The Morgan fingerprint density at radius 1 is 1.00 bits per heavy atom. The summed E-state index contributed by atoms with van der Waals surface area (Å²) < 4.78 is 23.8. The minimum absolute atomic E-state index is 0.267. The van der Waals surface area contributed by atoms with Gasteiger partial charge in [-0.05, 0) is 48.7 Å². The number of sulfone groups is 1. The molecule has 0 amide bonds. The van der Waals surface area contributed by atoms with Gasteiger partial charge in [0, 0.05) is 41.4 Å². The molecule has 0 N–H and O–H groups in total. The molecular formula is C20H17ClN2O2S. The van der Waals surface area contributed by atoms with Gasteiger partial charge in [-0.2, -0.15) is 0 Å². The normalized spacial score (nSPS) is 14.4. The van der Waals surface area contributed by atoms with E-state index in [2.05, 4.69) is 9.97 Å². The Morgan fingerprint density at radius 2 is 1.81 bits per heavy atom. The van der Waals surface area contributed by atoms with Gasteiger partial charge in [-0.1, -0.05) is 23.7 Å². The fraction of sp³-hybridized carbons (Fsp3) is 0.200. The van der Waals surface area contributed by atoms with Crippen LogP contribution in [0.1, 0.15) is 24.5 Å². The summed E-state index contributed by atoms with van der Waals surface area (Å²) in [4.78, 5) is 9.31. The molecule has 2 heterocycles. The Kier molecular flexibility index (Phi) is 4.29. The number of hydrogen-bond acceptors (Lipinski definition) is 4. The minimum Gasteiger partial charge on any atom is -0.260 e. The highest BCUT2D eigenvalue weighted by Crippen LogP contribution is 2.40. The van der Waals surface area contributed by atoms with Crippen molar-refractivity contribution in [3.8, 4) is 22.4 Å². The van der Waals surface area contributed by atoms with E-state index in [1.54, 1.807) is 30.5 Å². The first-order valence-electron chi connectivity index (χ1n) is 8.34. The van der Waals surface area contributed by atoms with E-state index in [4.69, 9.17) is 11.6 Å². The Hall–Kier alpha value is -2.24. The molecule has 4 rings (SSSR count). The van der Waals surface area contributed by atoms with Gasteiger partial charge in [0.2, 0.25) is 0 Å². The third-order valence-corrected chi connectivity index (χ3v) is 5.80. The number of benzene rings is 1. The lowest BCUT2D eigenvalue weighted by molar-refractivity contribution is 0.602. The van der Waals surface area contributed by atoms with E-state index >= 15 is 0 Å². The average molecular weight is 385 g/mol. The van der Waals surface area contributed by atoms with E-state index in [0.29, 0.717) is 10.9 Å². The Bertz CT molecular complexity index is 1080. The van der Waals surface area contributed by atoms with Crippen molar-refractivity contribution in [2.45, 2.75) is 23.7 Å². The van der Waals surface area contributed by atoms with Gasteiger partial charge in [-0.15, -0.1) is 0 Å². The molecule has 0 unspecified atom stereocenters. The zero-order valence-corrected chi connectivity index (χ0v) is 15.8. The molecule has 6 heteroatoms. The van der Waals surface area contributed by atoms with E-state index in [1.165, 1.54) is 19.1 Å². The Balaban J connectivity index is 1.83. The predicted octanol–water partition coefficient (Wildman–Crippen LogP) is 4.74. The van der Waals surface area contributed by atoms with Crippen molar-refractivity contribution in [2.24, 2.45) is 0 Å². The quantitative estimate of drug-likeness (QED) is 0.651. The zero-order chi connectivity index (χ0) is 18.3. The number of rotatable bonds is 4. The maximum atomic E-state index is 11.9. The van der Waals surface area contributed by atoms with Gasteiger partial charge in [0.1, 0.15) is 0 Å². The molecule has 1 fully saturated rings. The molecule has 1 aliphatic rings. The smallest absolute Gasteiger partial charge is 0.175 e. The van der Waals surface area contributed by atoms with Crippen molar-refractivity contribution in [1.82, 2.24) is 9.97 Å². The number of hydrogen-bond donors (Lipinski definition) is 0. The van der Waals surface area contributed by atoms with Crippen LogP contribution in [0.5, 0.6) is 0 Å². The molecule has 0 atom stereocenters. The van der Waals surface area contributed by atoms with E-state index in [1.807, 2.05) is 24.4 Å². The molecule has 2 aromatic heterocycles. The Labute approximate surface area is 157 Å². The second kappa shape index (κ2) is 6.49. The van der Waals surface area contributed by atoms with Crippen LogP contribution in [0.4, 0.5) is 0 Å². The maximum Gasteiger partial charge on any atom is 0.175 e. The summed E-state index contributed by atoms with van der Waals surface area (Å²) >= 11 is 6.16. The lowest BCUT2D eigenvalue weighted by Gasteiger charge is -2.11. The van der Waals surface area contributed by atoms with E-state index in [-0.39, 0.29) is 4.90 Å². The van der Waals surface area contributed by atoms with Crippen molar-refractivity contribution in [1.29, 1.82) is 0 Å². The SMILES string of the molecule is CS(=O)(=O)c1cccc(-c2cc(Cl)cnc2-c2ccc(C3CC3)nc2)c1. The molecule has 26 heavy (non-hydrogen) atoms. The van der Waals surface area contributed by atoms with Gasteiger partial charge in [0.15, 0.2) is 9.84 Å². The molecule has 0 aliphatic heterocycles. The summed E-state index contributed by atoms with van der Waals surface area (Å²) in [6.45, 7) is 0. The van der Waals surface area contributed by atoms with Crippen molar-refractivity contribution < 1.29 is 8.42 Å². The molecule has 0 saturated heterocycles.